The van der Waals surface area contributed by atoms with Gasteiger partial charge in [0.25, 0.3) is 0 Å². The molecule has 14 heavy (non-hydrogen) atoms. The quantitative estimate of drug-likeness (QED) is 0.686. The van der Waals surface area contributed by atoms with Crippen molar-refractivity contribution in [3.63, 3.8) is 0 Å². The second kappa shape index (κ2) is 3.61. The summed E-state index contributed by atoms with van der Waals surface area (Å²) in [5.41, 5.74) is 0.909. The summed E-state index contributed by atoms with van der Waals surface area (Å²) in [4.78, 5) is 6.35. The largest absolute Gasteiger partial charge is 0.451 e. The lowest BCUT2D eigenvalue weighted by atomic mass is 10.2. The van der Waals surface area contributed by atoms with Crippen LogP contribution in [0, 0.1) is 0 Å². The molecule has 0 bridgehead atoms. The molecule has 0 aliphatic rings. The molecule has 2 nitrogen and oxygen atoms in total. The fourth-order valence-electron chi connectivity index (χ4n) is 0.758. The van der Waals surface area contributed by atoms with Crippen LogP contribution in [0.2, 0.25) is 0 Å². The number of hydrogen-bond acceptors (Lipinski definition) is 2. The second-order valence-corrected chi connectivity index (χ2v) is 2.52. The van der Waals surface area contributed by atoms with Gasteiger partial charge in [0.1, 0.15) is 0 Å². The van der Waals surface area contributed by atoms with Gasteiger partial charge in [-0.25, -0.2) is 9.97 Å². The molecule has 0 spiro atoms. The minimum Gasteiger partial charge on any atom is -0.232 e. The molecule has 0 aliphatic carbocycles. The van der Waals surface area contributed by atoms with Crippen molar-refractivity contribution in [1.82, 2.24) is 9.97 Å². The molecule has 1 aromatic rings. The number of aromatic nitrogens is 2. The second-order valence-electron chi connectivity index (χ2n) is 2.52. The van der Waals surface area contributed by atoms with Crippen LogP contribution in [0.3, 0.4) is 0 Å². The predicted molar refractivity (Wildman–Crippen MR) is 46.3 cm³/mol. The van der Waals surface area contributed by atoms with E-state index in [0.717, 1.165) is 12.4 Å². The van der Waals surface area contributed by atoms with E-state index in [9.17, 15) is 13.2 Å². The third-order valence-corrected chi connectivity index (χ3v) is 1.52. The maximum absolute atomic E-state index is 12.0. The molecule has 0 amide bonds. The van der Waals surface area contributed by atoms with Crippen molar-refractivity contribution >= 4 is 5.57 Å². The number of nitrogens with zero attached hydrogens (tertiary/aromatic N) is 2. The fraction of sp³-hybridized carbons (Fsp3) is 0.111. The first kappa shape index (κ1) is 10.4. The van der Waals surface area contributed by atoms with Gasteiger partial charge >= 0.3 is 6.18 Å². The van der Waals surface area contributed by atoms with Crippen LogP contribution in [-0.4, -0.2) is 9.97 Å². The Hall–Kier alpha value is -1.65. The van der Waals surface area contributed by atoms with Crippen molar-refractivity contribution in [2.45, 2.75) is 6.18 Å². The molecule has 5 heteroatoms. The number of allylic oxidation sites excluding steroid dienone is 2. The van der Waals surface area contributed by atoms with Gasteiger partial charge in [0, 0.05) is 18.0 Å². The highest BCUT2D eigenvalue weighted by Crippen LogP contribution is 2.25. The topological polar surface area (TPSA) is 25.8 Å². The van der Waals surface area contributed by atoms with Crippen LogP contribution in [0.4, 0.5) is 13.2 Å². The SMILES string of the molecule is C=CC(=C)c1cnc(C(F)(F)F)nc1. The van der Waals surface area contributed by atoms with Gasteiger partial charge in [-0.15, -0.1) is 0 Å². The molecule has 0 aliphatic heterocycles. The molecule has 1 aromatic heterocycles. The molecule has 0 fully saturated rings. The number of rotatable bonds is 2. The fourth-order valence-corrected chi connectivity index (χ4v) is 0.758. The van der Waals surface area contributed by atoms with Gasteiger partial charge in [0.15, 0.2) is 0 Å². The van der Waals surface area contributed by atoms with Crippen molar-refractivity contribution in [2.75, 3.05) is 0 Å². The Morgan fingerprint density at radius 3 is 2.14 bits per heavy atom. The molecule has 0 N–H and O–H groups in total. The molecule has 0 saturated carbocycles. The molecule has 0 atom stereocenters. The Morgan fingerprint density at radius 2 is 1.79 bits per heavy atom. The van der Waals surface area contributed by atoms with Crippen LogP contribution in [0.15, 0.2) is 31.6 Å². The van der Waals surface area contributed by atoms with E-state index in [4.69, 9.17) is 0 Å². The highest BCUT2D eigenvalue weighted by atomic mass is 19.4. The highest BCUT2D eigenvalue weighted by molar-refractivity contribution is 5.70. The molecule has 0 saturated heterocycles. The van der Waals surface area contributed by atoms with E-state index >= 15 is 0 Å². The van der Waals surface area contributed by atoms with Crippen LogP contribution >= 0.6 is 0 Å². The molecule has 1 rings (SSSR count). The summed E-state index contributed by atoms with van der Waals surface area (Å²) in [6.07, 6.45) is -0.945. The first-order valence-corrected chi connectivity index (χ1v) is 3.66. The monoisotopic (exact) mass is 200 g/mol. The molecule has 0 radical (unpaired) electrons. The van der Waals surface area contributed by atoms with Gasteiger partial charge in [-0.05, 0) is 5.57 Å². The number of hydrogen-bond donors (Lipinski definition) is 0. The summed E-state index contributed by atoms with van der Waals surface area (Å²) in [6.45, 7) is 6.99. The van der Waals surface area contributed by atoms with Crippen molar-refractivity contribution < 1.29 is 13.2 Å². The van der Waals surface area contributed by atoms with E-state index in [-0.39, 0.29) is 0 Å². The molecule has 1 heterocycles. The third kappa shape index (κ3) is 2.18. The maximum atomic E-state index is 12.0. The van der Waals surface area contributed by atoms with Crippen molar-refractivity contribution in [3.05, 3.63) is 43.0 Å². The molecular weight excluding hydrogens is 193 g/mol. The average molecular weight is 200 g/mol. The Morgan fingerprint density at radius 1 is 1.29 bits per heavy atom. The Balaban J connectivity index is 3.00. The van der Waals surface area contributed by atoms with E-state index < -0.39 is 12.0 Å². The zero-order valence-electron chi connectivity index (χ0n) is 7.17. The van der Waals surface area contributed by atoms with Gasteiger partial charge < -0.3 is 0 Å². The van der Waals surface area contributed by atoms with Crippen LogP contribution in [0.25, 0.3) is 5.57 Å². The molecule has 74 valence electrons. The van der Waals surface area contributed by atoms with Crippen molar-refractivity contribution in [1.29, 1.82) is 0 Å². The van der Waals surface area contributed by atoms with Crippen molar-refractivity contribution in [2.24, 2.45) is 0 Å². The summed E-state index contributed by atoms with van der Waals surface area (Å²) >= 11 is 0. The minimum absolute atomic E-state index is 0.424. The average Bonchev–Trinajstić information content (AvgIpc) is 2.15. The van der Waals surface area contributed by atoms with Crippen LogP contribution in [-0.2, 0) is 6.18 Å². The number of halogens is 3. The van der Waals surface area contributed by atoms with E-state index in [1.165, 1.54) is 6.08 Å². The van der Waals surface area contributed by atoms with E-state index in [1.807, 2.05) is 0 Å². The van der Waals surface area contributed by atoms with Crippen molar-refractivity contribution in [3.8, 4) is 0 Å². The van der Waals surface area contributed by atoms with Gasteiger partial charge in [0.2, 0.25) is 5.82 Å². The Labute approximate surface area is 78.8 Å². The van der Waals surface area contributed by atoms with Gasteiger partial charge in [-0.2, -0.15) is 13.2 Å². The summed E-state index contributed by atoms with van der Waals surface area (Å²) in [6, 6.07) is 0. The van der Waals surface area contributed by atoms with Crippen LogP contribution < -0.4 is 0 Å². The first-order valence-electron chi connectivity index (χ1n) is 3.66. The number of alkyl halides is 3. The Bertz CT molecular complexity index is 351. The van der Waals surface area contributed by atoms with Crippen LogP contribution in [0.1, 0.15) is 11.4 Å². The summed E-state index contributed by atoms with van der Waals surface area (Å²) in [5, 5.41) is 0. The van der Waals surface area contributed by atoms with Crippen LogP contribution in [0.5, 0.6) is 0 Å². The lowest BCUT2D eigenvalue weighted by Crippen LogP contribution is -2.10. The predicted octanol–water partition coefficient (Wildman–Crippen LogP) is 2.69. The zero-order chi connectivity index (χ0) is 10.8. The normalized spacial score (nSPS) is 11.1. The van der Waals surface area contributed by atoms with E-state index in [0.29, 0.717) is 11.1 Å². The lowest BCUT2D eigenvalue weighted by molar-refractivity contribution is -0.145. The molecule has 0 unspecified atom stereocenters. The molecule has 0 aromatic carbocycles. The third-order valence-electron chi connectivity index (χ3n) is 1.52. The summed E-state index contributed by atoms with van der Waals surface area (Å²) in [7, 11) is 0. The Kier molecular flexibility index (Phi) is 2.69. The van der Waals surface area contributed by atoms with Gasteiger partial charge in [0.05, 0.1) is 0 Å². The summed E-state index contributed by atoms with van der Waals surface area (Å²) < 4.78 is 36.1. The summed E-state index contributed by atoms with van der Waals surface area (Å²) in [5.74, 6) is -1.15. The lowest BCUT2D eigenvalue weighted by Gasteiger charge is -2.04. The maximum Gasteiger partial charge on any atom is 0.451 e. The highest BCUT2D eigenvalue weighted by Gasteiger charge is 2.34. The zero-order valence-corrected chi connectivity index (χ0v) is 7.17. The van der Waals surface area contributed by atoms with E-state index in [2.05, 4.69) is 23.1 Å². The first-order chi connectivity index (χ1) is 6.45. The molecular formula is C9H7F3N2. The minimum atomic E-state index is -4.51. The van der Waals surface area contributed by atoms with Gasteiger partial charge in [-0.1, -0.05) is 19.2 Å². The van der Waals surface area contributed by atoms with E-state index in [1.54, 1.807) is 0 Å². The standard InChI is InChI=1S/C9H7F3N2/c1-3-6(2)7-4-13-8(14-5-7)9(10,11)12/h3-5H,1-2H2. The van der Waals surface area contributed by atoms with Gasteiger partial charge in [-0.3, -0.25) is 0 Å². The smallest absolute Gasteiger partial charge is 0.232 e.